The van der Waals surface area contributed by atoms with Gasteiger partial charge >= 0.3 is 5.97 Å². The van der Waals surface area contributed by atoms with E-state index in [0.29, 0.717) is 36.9 Å². The minimum absolute atomic E-state index is 0.00381. The minimum Gasteiger partial charge on any atom is -0.465 e. The molecule has 3 aliphatic heterocycles. The Morgan fingerprint density at radius 1 is 1.00 bits per heavy atom. The number of ether oxygens (including phenoxy) is 3. The molecule has 2 bridgehead atoms. The van der Waals surface area contributed by atoms with E-state index in [1.54, 1.807) is 0 Å². The summed E-state index contributed by atoms with van der Waals surface area (Å²) in [5.74, 6) is 0.618. The van der Waals surface area contributed by atoms with Crippen molar-refractivity contribution in [3.63, 3.8) is 0 Å². The summed E-state index contributed by atoms with van der Waals surface area (Å²) in [4.78, 5) is 12.0. The molecule has 100 valence electrons. The summed E-state index contributed by atoms with van der Waals surface area (Å²) in [5, 5.41) is 0. The van der Waals surface area contributed by atoms with Crippen molar-refractivity contribution in [1.29, 1.82) is 0 Å². The smallest absolute Gasteiger partial charge is 0.309 e. The number of fused-ring (bicyclic) bond motifs is 3. The summed E-state index contributed by atoms with van der Waals surface area (Å²) in [7, 11) is 0. The summed E-state index contributed by atoms with van der Waals surface area (Å²) in [6.07, 6.45) is 7.92. The summed E-state index contributed by atoms with van der Waals surface area (Å²) in [6, 6.07) is 0. The van der Waals surface area contributed by atoms with Crippen LogP contribution in [0.5, 0.6) is 0 Å². The Bertz CT molecular complexity index is 340. The van der Waals surface area contributed by atoms with Gasteiger partial charge in [-0.05, 0) is 44.4 Å². The maximum absolute atomic E-state index is 12.0. The molecule has 0 aromatic carbocycles. The molecule has 2 aliphatic carbocycles. The number of rotatable bonds is 3. The maximum Gasteiger partial charge on any atom is 0.309 e. The fourth-order valence-corrected chi connectivity index (χ4v) is 3.77. The molecule has 5 aliphatic rings. The molecule has 4 nitrogen and oxygen atoms in total. The van der Waals surface area contributed by atoms with Crippen LogP contribution < -0.4 is 0 Å². The normalized spacial score (nSPS) is 48.9. The van der Waals surface area contributed by atoms with Crippen LogP contribution in [0.3, 0.4) is 0 Å². The summed E-state index contributed by atoms with van der Waals surface area (Å²) < 4.78 is 16.5. The second kappa shape index (κ2) is 4.20. The average molecular weight is 252 g/mol. The molecule has 0 spiro atoms. The van der Waals surface area contributed by atoms with Gasteiger partial charge < -0.3 is 14.2 Å². The zero-order valence-electron chi connectivity index (χ0n) is 10.5. The number of carbonyl (C=O) groups is 1. The van der Waals surface area contributed by atoms with Crippen LogP contribution in [0, 0.1) is 11.8 Å². The number of epoxide rings is 1. The van der Waals surface area contributed by atoms with Gasteiger partial charge in [-0.25, -0.2) is 0 Å². The lowest BCUT2D eigenvalue weighted by Crippen LogP contribution is -2.46. The molecule has 2 saturated carbocycles. The summed E-state index contributed by atoms with van der Waals surface area (Å²) >= 11 is 0. The minimum atomic E-state index is 0.00381. The third-order valence-electron chi connectivity index (χ3n) is 4.90. The quantitative estimate of drug-likeness (QED) is 0.566. The van der Waals surface area contributed by atoms with E-state index in [-0.39, 0.29) is 11.9 Å². The molecule has 4 heteroatoms. The van der Waals surface area contributed by atoms with Gasteiger partial charge in [0.1, 0.15) is 0 Å². The van der Waals surface area contributed by atoms with E-state index in [4.69, 9.17) is 14.2 Å². The van der Waals surface area contributed by atoms with Crippen LogP contribution in [0.25, 0.3) is 0 Å². The highest BCUT2D eigenvalue weighted by Gasteiger charge is 2.46. The van der Waals surface area contributed by atoms with Crippen molar-refractivity contribution in [1.82, 2.24) is 0 Å². The Kier molecular flexibility index (Phi) is 2.62. The number of hydrogen-bond donors (Lipinski definition) is 0. The second-order valence-corrected chi connectivity index (χ2v) is 6.31. The first-order valence-corrected chi connectivity index (χ1v) is 7.25. The molecular weight excluding hydrogens is 232 g/mol. The molecule has 3 saturated heterocycles. The molecule has 3 heterocycles. The zero-order valence-corrected chi connectivity index (χ0v) is 10.5. The SMILES string of the molecule is O=C(OCC1CC2C[C@H](C1)O2)C1CCC2OC2C1. The Morgan fingerprint density at radius 2 is 1.78 bits per heavy atom. The van der Waals surface area contributed by atoms with Gasteiger partial charge in [-0.1, -0.05) is 0 Å². The Morgan fingerprint density at radius 3 is 2.50 bits per heavy atom. The van der Waals surface area contributed by atoms with Crippen LogP contribution >= 0.6 is 0 Å². The van der Waals surface area contributed by atoms with E-state index in [2.05, 4.69) is 0 Å². The van der Waals surface area contributed by atoms with E-state index in [0.717, 1.165) is 32.1 Å². The molecule has 0 radical (unpaired) electrons. The molecule has 5 fully saturated rings. The van der Waals surface area contributed by atoms with Crippen molar-refractivity contribution in [2.45, 2.75) is 62.9 Å². The lowest BCUT2D eigenvalue weighted by molar-refractivity contribution is -0.183. The Balaban J connectivity index is 1.23. The molecular formula is C14H20O4. The monoisotopic (exact) mass is 252 g/mol. The van der Waals surface area contributed by atoms with Crippen molar-refractivity contribution in [2.75, 3.05) is 6.61 Å². The maximum atomic E-state index is 12.0. The topological polar surface area (TPSA) is 48.1 Å². The highest BCUT2D eigenvalue weighted by Crippen LogP contribution is 2.41. The summed E-state index contributed by atoms with van der Waals surface area (Å²) in [5.41, 5.74) is 0. The fraction of sp³-hybridized carbons (Fsp3) is 0.929. The number of hydrogen-bond acceptors (Lipinski definition) is 4. The highest BCUT2D eigenvalue weighted by molar-refractivity contribution is 5.72. The third-order valence-corrected chi connectivity index (χ3v) is 4.90. The molecule has 0 aromatic heterocycles. The van der Waals surface area contributed by atoms with Gasteiger partial charge in [-0.3, -0.25) is 4.79 Å². The second-order valence-electron chi connectivity index (χ2n) is 6.31. The number of carbonyl (C=O) groups excluding carboxylic acids is 1. The first-order valence-electron chi connectivity index (χ1n) is 7.25. The van der Waals surface area contributed by atoms with Gasteiger partial charge in [0, 0.05) is 0 Å². The average Bonchev–Trinajstić information content (AvgIpc) is 3.13. The Hall–Kier alpha value is -0.610. The van der Waals surface area contributed by atoms with E-state index >= 15 is 0 Å². The predicted molar refractivity (Wildman–Crippen MR) is 63.0 cm³/mol. The van der Waals surface area contributed by atoms with Crippen molar-refractivity contribution in [3.05, 3.63) is 0 Å². The predicted octanol–water partition coefficient (Wildman–Crippen LogP) is 1.66. The fourth-order valence-electron chi connectivity index (χ4n) is 3.77. The van der Waals surface area contributed by atoms with Crippen molar-refractivity contribution in [2.24, 2.45) is 11.8 Å². The molecule has 5 unspecified atom stereocenters. The van der Waals surface area contributed by atoms with Gasteiger partial charge in [0.2, 0.25) is 0 Å². The van der Waals surface area contributed by atoms with Crippen LogP contribution in [0.2, 0.25) is 0 Å². The molecule has 5 rings (SSSR count). The largest absolute Gasteiger partial charge is 0.465 e. The van der Waals surface area contributed by atoms with Crippen LogP contribution in [-0.2, 0) is 19.0 Å². The van der Waals surface area contributed by atoms with Gasteiger partial charge in [0.25, 0.3) is 0 Å². The highest BCUT2D eigenvalue weighted by atomic mass is 16.6. The molecule has 0 aromatic rings. The van der Waals surface area contributed by atoms with Gasteiger partial charge in [0.15, 0.2) is 0 Å². The molecule has 18 heavy (non-hydrogen) atoms. The molecule has 6 atom stereocenters. The number of esters is 1. The van der Waals surface area contributed by atoms with E-state index < -0.39 is 0 Å². The van der Waals surface area contributed by atoms with Gasteiger partial charge in [-0.15, -0.1) is 0 Å². The van der Waals surface area contributed by atoms with Crippen LogP contribution in [0.4, 0.5) is 0 Å². The standard InChI is InChI=1S/C14H20O4/c15-14(9-1-2-12-13(5-9)18-12)16-7-8-3-10-6-11(4-8)17-10/h8-13H,1-7H2/t8?,9?,10-,11?,12?,13?/m0/s1. The first kappa shape index (κ1) is 11.2. The van der Waals surface area contributed by atoms with Crippen LogP contribution in [0.15, 0.2) is 0 Å². The van der Waals surface area contributed by atoms with Crippen molar-refractivity contribution in [3.8, 4) is 0 Å². The lowest BCUT2D eigenvalue weighted by Gasteiger charge is -2.45. The van der Waals surface area contributed by atoms with E-state index in [1.165, 1.54) is 6.42 Å². The van der Waals surface area contributed by atoms with Crippen molar-refractivity contribution >= 4 is 5.97 Å². The van der Waals surface area contributed by atoms with E-state index in [9.17, 15) is 4.79 Å². The third kappa shape index (κ3) is 2.05. The van der Waals surface area contributed by atoms with Gasteiger partial charge in [0.05, 0.1) is 36.9 Å². The zero-order chi connectivity index (χ0) is 12.1. The van der Waals surface area contributed by atoms with Crippen LogP contribution in [-0.4, -0.2) is 37.0 Å². The summed E-state index contributed by atoms with van der Waals surface area (Å²) in [6.45, 7) is 0.598. The van der Waals surface area contributed by atoms with Crippen molar-refractivity contribution < 1.29 is 19.0 Å². The van der Waals surface area contributed by atoms with Crippen LogP contribution in [0.1, 0.15) is 38.5 Å². The molecule has 0 amide bonds. The lowest BCUT2D eigenvalue weighted by atomic mass is 9.81. The first-order chi connectivity index (χ1) is 8.78. The molecule has 0 N–H and O–H groups in total. The Labute approximate surface area is 107 Å². The van der Waals surface area contributed by atoms with Gasteiger partial charge in [-0.2, -0.15) is 0 Å². The van der Waals surface area contributed by atoms with E-state index in [1.807, 2.05) is 0 Å².